The van der Waals surface area contributed by atoms with Gasteiger partial charge in [0.1, 0.15) is 6.04 Å². The maximum absolute atomic E-state index is 12.2. The minimum Gasteiger partial charge on any atom is -0.493 e. The van der Waals surface area contributed by atoms with E-state index in [1.54, 1.807) is 26.4 Å². The number of dihydropyridines is 1. The van der Waals surface area contributed by atoms with Crippen molar-refractivity contribution in [2.24, 2.45) is 16.1 Å². The van der Waals surface area contributed by atoms with Crippen LogP contribution in [0.4, 0.5) is 0 Å². The van der Waals surface area contributed by atoms with E-state index in [0.29, 0.717) is 18.0 Å². The molecule has 1 aromatic carbocycles. The number of ether oxygens (including phenoxy) is 2. The van der Waals surface area contributed by atoms with Crippen molar-refractivity contribution >= 4 is 12.1 Å². The fraction of sp³-hybridized carbons (Fsp3) is 0.375. The van der Waals surface area contributed by atoms with Gasteiger partial charge in [0.2, 0.25) is 5.91 Å². The molecule has 2 atom stereocenters. The number of aliphatic imine (C=N–C) groups is 1. The van der Waals surface area contributed by atoms with Crippen molar-refractivity contribution in [3.8, 4) is 11.5 Å². The molecule has 0 radical (unpaired) electrons. The molecule has 2 aromatic rings. The molecule has 0 fully saturated rings. The van der Waals surface area contributed by atoms with Crippen molar-refractivity contribution in [2.75, 3.05) is 27.3 Å². The van der Waals surface area contributed by atoms with Gasteiger partial charge in [-0.15, -0.1) is 0 Å². The van der Waals surface area contributed by atoms with Crippen LogP contribution in [0.25, 0.3) is 0 Å². The highest BCUT2D eigenvalue weighted by Gasteiger charge is 2.28. The molecule has 2 unspecified atom stereocenters. The quantitative estimate of drug-likeness (QED) is 0.580. The highest BCUT2D eigenvalue weighted by molar-refractivity contribution is 5.81. The van der Waals surface area contributed by atoms with Crippen LogP contribution in [-0.4, -0.2) is 44.4 Å². The number of methoxy groups -OCH3 is 2. The Morgan fingerprint density at radius 1 is 1.16 bits per heavy atom. The summed E-state index contributed by atoms with van der Waals surface area (Å²) >= 11 is 0. The summed E-state index contributed by atoms with van der Waals surface area (Å²) in [6, 6.07) is 8.86. The molecule has 1 aromatic heterocycles. The second kappa shape index (κ2) is 10.7. The van der Waals surface area contributed by atoms with Crippen LogP contribution in [0.15, 0.2) is 59.9 Å². The topological polar surface area (TPSA) is 98.8 Å². The molecular formula is C24H30N4O3. The molecule has 0 aliphatic carbocycles. The molecule has 3 rings (SSSR count). The predicted octanol–water partition coefficient (Wildman–Crippen LogP) is 2.86. The van der Waals surface area contributed by atoms with Crippen LogP contribution >= 0.6 is 0 Å². The molecule has 1 aliphatic heterocycles. The first-order valence-corrected chi connectivity index (χ1v) is 10.4. The van der Waals surface area contributed by atoms with Crippen LogP contribution in [0, 0.1) is 5.41 Å². The number of rotatable bonds is 11. The van der Waals surface area contributed by atoms with Crippen LogP contribution in [0.5, 0.6) is 11.5 Å². The third-order valence-corrected chi connectivity index (χ3v) is 5.71. The van der Waals surface area contributed by atoms with E-state index in [2.05, 4.69) is 21.4 Å². The normalized spacial score (nSPS) is 18.5. The Labute approximate surface area is 183 Å². The van der Waals surface area contributed by atoms with E-state index < -0.39 is 11.9 Å². The Balaban J connectivity index is 1.67. The lowest BCUT2D eigenvalue weighted by molar-refractivity contribution is -0.120. The Morgan fingerprint density at radius 2 is 1.94 bits per heavy atom. The Hall–Kier alpha value is -3.19. The summed E-state index contributed by atoms with van der Waals surface area (Å²) in [5.74, 6) is 0.733. The number of primary amides is 1. The number of allylic oxidation sites excluding steroid dienone is 1. The Bertz CT molecular complexity index is 930. The number of carbonyl (C=O) groups is 1. The molecule has 7 heteroatoms. The maximum atomic E-state index is 12.2. The fourth-order valence-electron chi connectivity index (χ4n) is 3.87. The van der Waals surface area contributed by atoms with Crippen molar-refractivity contribution in [3.63, 3.8) is 0 Å². The number of benzene rings is 1. The van der Waals surface area contributed by atoms with E-state index in [0.717, 1.165) is 31.4 Å². The van der Waals surface area contributed by atoms with Crippen molar-refractivity contribution in [1.82, 2.24) is 10.3 Å². The van der Waals surface area contributed by atoms with E-state index >= 15 is 0 Å². The molecule has 1 amide bonds. The summed E-state index contributed by atoms with van der Waals surface area (Å²) in [6.07, 6.45) is 12.5. The molecule has 164 valence electrons. The number of aromatic nitrogens is 1. The second-order valence-electron chi connectivity index (χ2n) is 7.72. The number of pyridine rings is 1. The highest BCUT2D eigenvalue weighted by Crippen LogP contribution is 2.33. The summed E-state index contributed by atoms with van der Waals surface area (Å²) in [5, 5.41) is 3.33. The number of carbonyl (C=O) groups excluding carboxylic acids is 1. The van der Waals surface area contributed by atoms with E-state index in [9.17, 15) is 4.79 Å². The molecule has 3 N–H and O–H groups in total. The van der Waals surface area contributed by atoms with Gasteiger partial charge < -0.3 is 20.5 Å². The van der Waals surface area contributed by atoms with Gasteiger partial charge in [0.25, 0.3) is 0 Å². The average molecular weight is 423 g/mol. The van der Waals surface area contributed by atoms with Gasteiger partial charge >= 0.3 is 0 Å². The van der Waals surface area contributed by atoms with Crippen molar-refractivity contribution in [1.29, 1.82) is 0 Å². The molecule has 1 aliphatic rings. The van der Waals surface area contributed by atoms with Gasteiger partial charge in [-0.3, -0.25) is 14.8 Å². The minimum absolute atomic E-state index is 0.0647. The van der Waals surface area contributed by atoms with Crippen LogP contribution in [0.1, 0.15) is 30.0 Å². The summed E-state index contributed by atoms with van der Waals surface area (Å²) in [5.41, 5.74) is 7.63. The van der Waals surface area contributed by atoms with Gasteiger partial charge in [-0.1, -0.05) is 12.1 Å². The van der Waals surface area contributed by atoms with Crippen molar-refractivity contribution in [2.45, 2.75) is 25.3 Å². The van der Waals surface area contributed by atoms with E-state index in [1.165, 1.54) is 5.56 Å². The summed E-state index contributed by atoms with van der Waals surface area (Å²) in [7, 11) is 3.14. The number of aryl methyl sites for hydroxylation is 1. The minimum atomic E-state index is -0.617. The van der Waals surface area contributed by atoms with Crippen LogP contribution in [-0.2, 0) is 11.2 Å². The zero-order valence-electron chi connectivity index (χ0n) is 18.1. The maximum Gasteiger partial charge on any atom is 0.239 e. The highest BCUT2D eigenvalue weighted by atomic mass is 16.5. The summed E-state index contributed by atoms with van der Waals surface area (Å²) in [6.45, 7) is 1.35. The SMILES string of the molecule is COc1ccc(C(NCCC2(CCc3ccncc3)C=CC=NC2)C(N)=O)cc1OC. The monoisotopic (exact) mass is 422 g/mol. The molecule has 0 saturated carbocycles. The largest absolute Gasteiger partial charge is 0.493 e. The smallest absolute Gasteiger partial charge is 0.239 e. The van der Waals surface area contributed by atoms with Crippen molar-refractivity contribution < 1.29 is 14.3 Å². The summed E-state index contributed by atoms with van der Waals surface area (Å²) < 4.78 is 10.6. The second-order valence-corrected chi connectivity index (χ2v) is 7.72. The van der Waals surface area contributed by atoms with E-state index in [1.807, 2.05) is 42.9 Å². The lowest BCUT2D eigenvalue weighted by atomic mass is 9.78. The van der Waals surface area contributed by atoms with Crippen LogP contribution < -0.4 is 20.5 Å². The lowest BCUT2D eigenvalue weighted by Gasteiger charge is -2.31. The third kappa shape index (κ3) is 5.92. The molecule has 0 spiro atoms. The first-order chi connectivity index (χ1) is 15.1. The molecule has 7 nitrogen and oxygen atoms in total. The first-order valence-electron chi connectivity index (χ1n) is 10.4. The molecular weight excluding hydrogens is 392 g/mol. The number of nitrogens with two attached hydrogens (primary N) is 1. The number of amides is 1. The Kier molecular flexibility index (Phi) is 7.78. The fourth-order valence-corrected chi connectivity index (χ4v) is 3.87. The Morgan fingerprint density at radius 3 is 2.58 bits per heavy atom. The number of nitrogens with one attached hydrogen (secondary N) is 1. The zero-order chi connectivity index (χ0) is 22.1. The molecule has 31 heavy (non-hydrogen) atoms. The molecule has 2 heterocycles. The van der Waals surface area contributed by atoms with E-state index in [4.69, 9.17) is 15.2 Å². The zero-order valence-corrected chi connectivity index (χ0v) is 18.1. The number of nitrogens with zero attached hydrogens (tertiary/aromatic N) is 2. The van der Waals surface area contributed by atoms with Gasteiger partial charge in [-0.2, -0.15) is 0 Å². The van der Waals surface area contributed by atoms with Gasteiger partial charge in [0.15, 0.2) is 11.5 Å². The van der Waals surface area contributed by atoms with Gasteiger partial charge in [0, 0.05) is 30.6 Å². The van der Waals surface area contributed by atoms with Gasteiger partial charge in [-0.25, -0.2) is 0 Å². The first kappa shape index (κ1) is 22.5. The predicted molar refractivity (Wildman–Crippen MR) is 122 cm³/mol. The van der Waals surface area contributed by atoms with Gasteiger partial charge in [0.05, 0.1) is 14.2 Å². The standard InChI is InChI=1S/C24H30N4O3/c1-30-20-5-4-19(16-21(20)31-2)22(23(25)29)28-15-11-24(9-3-12-27-17-24)10-6-18-7-13-26-14-8-18/h3-5,7-9,12-14,16,22,28H,6,10-11,15,17H2,1-2H3,(H2,25,29). The van der Waals surface area contributed by atoms with E-state index in [-0.39, 0.29) is 5.41 Å². The van der Waals surface area contributed by atoms with Crippen molar-refractivity contribution in [3.05, 3.63) is 66.0 Å². The van der Waals surface area contributed by atoms with Crippen LogP contribution in [0.3, 0.4) is 0 Å². The number of hydrogen-bond acceptors (Lipinski definition) is 6. The number of hydrogen-bond donors (Lipinski definition) is 2. The van der Waals surface area contributed by atoms with Gasteiger partial charge in [-0.05, 0) is 67.3 Å². The molecule has 0 saturated heterocycles. The molecule has 0 bridgehead atoms. The van der Waals surface area contributed by atoms with Crippen LogP contribution in [0.2, 0.25) is 0 Å². The average Bonchev–Trinajstić information content (AvgIpc) is 2.81. The lowest BCUT2D eigenvalue weighted by Crippen LogP contribution is -2.37. The summed E-state index contributed by atoms with van der Waals surface area (Å²) in [4.78, 5) is 20.8. The third-order valence-electron chi connectivity index (χ3n) is 5.71.